The fourth-order valence-corrected chi connectivity index (χ4v) is 3.71. The zero-order valence-corrected chi connectivity index (χ0v) is 17.4. The Labute approximate surface area is 170 Å². The fraction of sp³-hybridized carbons (Fsp3) is 0.500. The zero-order chi connectivity index (χ0) is 19.6. The second-order valence-corrected chi connectivity index (χ2v) is 7.80. The lowest BCUT2D eigenvalue weighted by Crippen LogP contribution is -2.49. The van der Waals surface area contributed by atoms with Crippen LogP contribution in [0.15, 0.2) is 54.6 Å². The quantitative estimate of drug-likeness (QED) is 0.669. The molecule has 0 saturated carbocycles. The van der Waals surface area contributed by atoms with Crippen LogP contribution >= 0.6 is 0 Å². The first kappa shape index (κ1) is 20.7. The Morgan fingerprint density at radius 3 is 2.29 bits per heavy atom. The maximum absolute atomic E-state index is 5.65. The first-order valence-corrected chi connectivity index (χ1v) is 10.7. The molecule has 2 aromatic carbocycles. The number of ether oxygens (including phenoxy) is 1. The van der Waals surface area contributed by atoms with Crippen LogP contribution < -0.4 is 10.1 Å². The van der Waals surface area contributed by atoms with Crippen LogP contribution in [0.3, 0.4) is 0 Å². The maximum Gasteiger partial charge on any atom is 0.119 e. The number of benzene rings is 2. The molecular formula is C24H35N3O. The summed E-state index contributed by atoms with van der Waals surface area (Å²) < 4.78 is 5.65. The van der Waals surface area contributed by atoms with E-state index in [0.29, 0.717) is 6.04 Å². The minimum absolute atomic E-state index is 0.429. The van der Waals surface area contributed by atoms with E-state index < -0.39 is 0 Å². The highest BCUT2D eigenvalue weighted by Gasteiger charge is 2.18. The summed E-state index contributed by atoms with van der Waals surface area (Å²) in [4.78, 5) is 5.17. The Morgan fingerprint density at radius 1 is 0.929 bits per heavy atom. The van der Waals surface area contributed by atoms with Gasteiger partial charge in [-0.1, -0.05) is 37.3 Å². The summed E-state index contributed by atoms with van der Waals surface area (Å²) >= 11 is 0. The molecule has 1 N–H and O–H groups in total. The highest BCUT2D eigenvalue weighted by atomic mass is 16.5. The molecule has 1 unspecified atom stereocenters. The lowest BCUT2D eigenvalue weighted by Gasteiger charge is -2.36. The van der Waals surface area contributed by atoms with Gasteiger partial charge in [0, 0.05) is 51.0 Å². The van der Waals surface area contributed by atoms with E-state index in [1.165, 1.54) is 18.7 Å². The number of rotatable bonds is 10. The summed E-state index contributed by atoms with van der Waals surface area (Å²) in [7, 11) is 0. The van der Waals surface area contributed by atoms with Gasteiger partial charge in [0.2, 0.25) is 0 Å². The molecule has 1 aliphatic heterocycles. The van der Waals surface area contributed by atoms with Crippen molar-refractivity contribution >= 4 is 5.69 Å². The predicted molar refractivity (Wildman–Crippen MR) is 118 cm³/mol. The zero-order valence-electron chi connectivity index (χ0n) is 17.4. The average molecular weight is 382 g/mol. The Bertz CT molecular complexity index is 666. The van der Waals surface area contributed by atoms with Crippen molar-refractivity contribution in [3.8, 4) is 5.75 Å². The molecule has 0 aromatic heterocycles. The monoisotopic (exact) mass is 381 g/mol. The number of nitrogens with one attached hydrogen (secondary N) is 1. The van der Waals surface area contributed by atoms with Gasteiger partial charge in [-0.15, -0.1) is 0 Å². The Morgan fingerprint density at radius 2 is 1.61 bits per heavy atom. The van der Waals surface area contributed by atoms with Crippen molar-refractivity contribution in [1.82, 2.24) is 9.80 Å². The van der Waals surface area contributed by atoms with E-state index in [0.717, 1.165) is 57.1 Å². The predicted octanol–water partition coefficient (Wildman–Crippen LogP) is 4.14. The van der Waals surface area contributed by atoms with E-state index in [1.807, 2.05) is 0 Å². The molecular weight excluding hydrogens is 346 g/mol. The maximum atomic E-state index is 5.65. The summed E-state index contributed by atoms with van der Waals surface area (Å²) in [6, 6.07) is 19.6. The van der Waals surface area contributed by atoms with Crippen molar-refractivity contribution in [2.24, 2.45) is 0 Å². The van der Waals surface area contributed by atoms with Crippen molar-refractivity contribution in [2.75, 3.05) is 51.2 Å². The third kappa shape index (κ3) is 6.84. The van der Waals surface area contributed by atoms with E-state index in [4.69, 9.17) is 4.74 Å². The molecule has 0 bridgehead atoms. The first-order valence-electron chi connectivity index (χ1n) is 10.7. The van der Waals surface area contributed by atoms with Crippen molar-refractivity contribution in [2.45, 2.75) is 32.7 Å². The molecule has 28 heavy (non-hydrogen) atoms. The summed E-state index contributed by atoms with van der Waals surface area (Å²) in [5, 5.41) is 3.62. The summed E-state index contributed by atoms with van der Waals surface area (Å²) in [5.41, 5.74) is 2.60. The number of piperazine rings is 1. The van der Waals surface area contributed by atoms with Gasteiger partial charge in [0.05, 0.1) is 6.61 Å². The molecule has 0 spiro atoms. The van der Waals surface area contributed by atoms with Crippen LogP contribution in [0.1, 0.15) is 25.8 Å². The third-order valence-corrected chi connectivity index (χ3v) is 5.30. The van der Waals surface area contributed by atoms with Crippen LogP contribution in [0.2, 0.25) is 0 Å². The van der Waals surface area contributed by atoms with Gasteiger partial charge in [-0.25, -0.2) is 0 Å². The average Bonchev–Trinajstić information content (AvgIpc) is 2.73. The second kappa shape index (κ2) is 11.1. The Hall–Kier alpha value is -2.04. The van der Waals surface area contributed by atoms with Crippen molar-refractivity contribution in [3.05, 3.63) is 60.2 Å². The van der Waals surface area contributed by atoms with Gasteiger partial charge in [-0.2, -0.15) is 0 Å². The Balaban J connectivity index is 1.34. The van der Waals surface area contributed by atoms with Crippen LogP contribution in [0.4, 0.5) is 5.69 Å². The molecule has 1 aliphatic rings. The molecule has 4 heteroatoms. The Kier molecular flexibility index (Phi) is 8.19. The molecule has 0 aliphatic carbocycles. The minimum Gasteiger partial charge on any atom is -0.494 e. The van der Waals surface area contributed by atoms with E-state index in [2.05, 4.69) is 83.6 Å². The summed E-state index contributed by atoms with van der Waals surface area (Å²) in [6.07, 6.45) is 2.19. The van der Waals surface area contributed by atoms with Crippen LogP contribution in [0.25, 0.3) is 0 Å². The highest BCUT2D eigenvalue weighted by Crippen LogP contribution is 2.17. The largest absolute Gasteiger partial charge is 0.494 e. The normalized spacial score (nSPS) is 16.6. The molecule has 1 atom stereocenters. The molecule has 4 nitrogen and oxygen atoms in total. The van der Waals surface area contributed by atoms with Crippen LogP contribution in [0, 0.1) is 0 Å². The fourth-order valence-electron chi connectivity index (χ4n) is 3.71. The van der Waals surface area contributed by atoms with Gasteiger partial charge in [0.15, 0.2) is 0 Å². The minimum atomic E-state index is 0.429. The molecule has 152 valence electrons. The summed E-state index contributed by atoms with van der Waals surface area (Å²) in [5.74, 6) is 0.951. The lowest BCUT2D eigenvalue weighted by molar-refractivity contribution is 0.131. The molecule has 0 radical (unpaired) electrons. The van der Waals surface area contributed by atoms with Gasteiger partial charge in [0.25, 0.3) is 0 Å². The highest BCUT2D eigenvalue weighted by molar-refractivity contribution is 5.47. The van der Waals surface area contributed by atoms with Crippen molar-refractivity contribution < 1.29 is 4.74 Å². The first-order chi connectivity index (χ1) is 13.7. The van der Waals surface area contributed by atoms with Crippen LogP contribution in [0.5, 0.6) is 5.75 Å². The second-order valence-electron chi connectivity index (χ2n) is 7.80. The molecule has 1 heterocycles. The van der Waals surface area contributed by atoms with Gasteiger partial charge in [-0.05, 0) is 49.6 Å². The molecule has 2 aromatic rings. The van der Waals surface area contributed by atoms with Crippen molar-refractivity contribution in [1.29, 1.82) is 0 Å². The lowest BCUT2D eigenvalue weighted by atomic mass is 10.1. The van der Waals surface area contributed by atoms with E-state index in [1.54, 1.807) is 0 Å². The van der Waals surface area contributed by atoms with Gasteiger partial charge in [0.1, 0.15) is 5.75 Å². The standard InChI is InChI=1S/C24H35N3O/c1-3-19-28-24-11-9-23(10-12-24)25-21(2)20-27-17-15-26(16-18-27)14-13-22-7-5-4-6-8-22/h4-12,21,25H,3,13-20H2,1-2H3. The molecule has 3 rings (SSSR count). The topological polar surface area (TPSA) is 27.7 Å². The van der Waals surface area contributed by atoms with Gasteiger partial charge >= 0.3 is 0 Å². The molecule has 0 amide bonds. The van der Waals surface area contributed by atoms with Crippen LogP contribution in [-0.2, 0) is 6.42 Å². The smallest absolute Gasteiger partial charge is 0.119 e. The molecule has 1 fully saturated rings. The van der Waals surface area contributed by atoms with E-state index >= 15 is 0 Å². The molecule has 1 saturated heterocycles. The van der Waals surface area contributed by atoms with Crippen molar-refractivity contribution in [3.63, 3.8) is 0 Å². The van der Waals surface area contributed by atoms with Gasteiger partial charge in [-0.3, -0.25) is 4.90 Å². The number of nitrogens with zero attached hydrogens (tertiary/aromatic N) is 2. The van der Waals surface area contributed by atoms with E-state index in [9.17, 15) is 0 Å². The number of hydrogen-bond acceptors (Lipinski definition) is 4. The van der Waals surface area contributed by atoms with Crippen LogP contribution in [-0.4, -0.2) is 61.7 Å². The SMILES string of the molecule is CCCOc1ccc(NC(C)CN2CCN(CCc3ccccc3)CC2)cc1. The van der Waals surface area contributed by atoms with E-state index in [-0.39, 0.29) is 0 Å². The van der Waals surface area contributed by atoms with Gasteiger partial charge < -0.3 is 15.0 Å². The number of hydrogen-bond donors (Lipinski definition) is 1. The summed E-state index contributed by atoms with van der Waals surface area (Å²) in [6.45, 7) is 12.1. The third-order valence-electron chi connectivity index (χ3n) is 5.30. The number of anilines is 1.